The summed E-state index contributed by atoms with van der Waals surface area (Å²) in [6.45, 7) is 2.40. The van der Waals surface area contributed by atoms with Crippen LogP contribution >= 0.6 is 11.6 Å². The van der Waals surface area contributed by atoms with Crippen LogP contribution < -0.4 is 10.1 Å². The minimum Gasteiger partial charge on any atom is -0.506 e. The van der Waals surface area contributed by atoms with Gasteiger partial charge in [-0.15, -0.1) is 0 Å². The summed E-state index contributed by atoms with van der Waals surface area (Å²) in [5, 5.41) is 12.7. The average Bonchev–Trinajstić information content (AvgIpc) is 2.43. The Morgan fingerprint density at radius 2 is 2.10 bits per heavy atom. The van der Waals surface area contributed by atoms with Crippen molar-refractivity contribution in [3.8, 4) is 11.5 Å². The Balaban J connectivity index is 2.19. The zero-order chi connectivity index (χ0) is 14.5. The number of hydrogen-bond acceptors (Lipinski definition) is 3. The predicted octanol–water partition coefficient (Wildman–Crippen LogP) is 3.70. The Kier molecular flexibility index (Phi) is 4.48. The van der Waals surface area contributed by atoms with Crippen LogP contribution in [0.25, 0.3) is 0 Å². The lowest BCUT2D eigenvalue weighted by Gasteiger charge is -2.09. The second-order valence-corrected chi connectivity index (χ2v) is 4.51. The Bertz CT molecular complexity index is 628. The molecule has 0 unspecified atom stereocenters. The smallest absolute Gasteiger partial charge is 0.255 e. The molecule has 2 aromatic carbocycles. The van der Waals surface area contributed by atoms with Crippen molar-refractivity contribution in [2.75, 3.05) is 11.9 Å². The SMILES string of the molecule is CCOc1cccc(C(=O)Nc2cc(Cl)ccc2O)c1. The molecule has 1 amide bonds. The number of halogens is 1. The fourth-order valence-electron chi connectivity index (χ4n) is 1.70. The third-order valence-corrected chi connectivity index (χ3v) is 2.85. The third-order valence-electron chi connectivity index (χ3n) is 2.61. The molecule has 0 aliphatic carbocycles. The number of benzene rings is 2. The largest absolute Gasteiger partial charge is 0.506 e. The van der Waals surface area contributed by atoms with Crippen molar-refractivity contribution >= 4 is 23.2 Å². The van der Waals surface area contributed by atoms with Gasteiger partial charge in [-0.1, -0.05) is 17.7 Å². The Hall–Kier alpha value is -2.20. The lowest BCUT2D eigenvalue weighted by atomic mass is 10.2. The quantitative estimate of drug-likeness (QED) is 0.845. The fourth-order valence-corrected chi connectivity index (χ4v) is 1.87. The molecule has 2 N–H and O–H groups in total. The number of nitrogens with one attached hydrogen (secondary N) is 1. The molecule has 0 saturated heterocycles. The average molecular weight is 292 g/mol. The van der Waals surface area contributed by atoms with Crippen LogP contribution in [-0.2, 0) is 0 Å². The number of anilines is 1. The van der Waals surface area contributed by atoms with Gasteiger partial charge in [0, 0.05) is 10.6 Å². The molecule has 20 heavy (non-hydrogen) atoms. The van der Waals surface area contributed by atoms with Gasteiger partial charge in [-0.05, 0) is 43.3 Å². The fraction of sp³-hybridized carbons (Fsp3) is 0.133. The van der Waals surface area contributed by atoms with E-state index in [-0.39, 0.29) is 17.3 Å². The van der Waals surface area contributed by atoms with Gasteiger partial charge >= 0.3 is 0 Å². The molecular formula is C15H14ClNO3. The number of phenolic OH excluding ortho intramolecular Hbond substituents is 1. The Morgan fingerprint density at radius 3 is 2.85 bits per heavy atom. The van der Waals surface area contributed by atoms with Gasteiger partial charge < -0.3 is 15.2 Å². The second-order valence-electron chi connectivity index (χ2n) is 4.08. The minimum absolute atomic E-state index is 0.0382. The molecule has 0 aromatic heterocycles. The summed E-state index contributed by atoms with van der Waals surface area (Å²) in [6.07, 6.45) is 0. The maximum absolute atomic E-state index is 12.1. The normalized spacial score (nSPS) is 10.1. The van der Waals surface area contributed by atoms with Crippen molar-refractivity contribution in [1.29, 1.82) is 0 Å². The van der Waals surface area contributed by atoms with Crippen molar-refractivity contribution in [3.05, 3.63) is 53.1 Å². The number of carbonyl (C=O) groups excluding carboxylic acids is 1. The van der Waals surface area contributed by atoms with Gasteiger partial charge in [0.05, 0.1) is 12.3 Å². The van der Waals surface area contributed by atoms with E-state index in [4.69, 9.17) is 16.3 Å². The monoisotopic (exact) mass is 291 g/mol. The zero-order valence-corrected chi connectivity index (χ0v) is 11.6. The van der Waals surface area contributed by atoms with Crippen molar-refractivity contribution in [1.82, 2.24) is 0 Å². The van der Waals surface area contributed by atoms with Crippen molar-refractivity contribution in [2.45, 2.75) is 6.92 Å². The number of aromatic hydroxyl groups is 1. The van der Waals surface area contributed by atoms with E-state index in [2.05, 4.69) is 5.32 Å². The molecule has 0 atom stereocenters. The highest BCUT2D eigenvalue weighted by atomic mass is 35.5. The third kappa shape index (κ3) is 3.42. The first-order valence-corrected chi connectivity index (χ1v) is 6.50. The number of hydrogen-bond donors (Lipinski definition) is 2. The topological polar surface area (TPSA) is 58.6 Å². The van der Waals surface area contributed by atoms with E-state index in [0.717, 1.165) is 0 Å². The highest BCUT2D eigenvalue weighted by Crippen LogP contribution is 2.27. The van der Waals surface area contributed by atoms with E-state index in [1.807, 2.05) is 6.92 Å². The van der Waals surface area contributed by atoms with Gasteiger partial charge in [0.25, 0.3) is 5.91 Å². The van der Waals surface area contributed by atoms with Crippen LogP contribution in [0, 0.1) is 0 Å². The van der Waals surface area contributed by atoms with Gasteiger partial charge in [0.15, 0.2) is 0 Å². The highest BCUT2D eigenvalue weighted by molar-refractivity contribution is 6.31. The summed E-state index contributed by atoms with van der Waals surface area (Å²) in [7, 11) is 0. The summed E-state index contributed by atoms with van der Waals surface area (Å²) >= 11 is 5.83. The van der Waals surface area contributed by atoms with Crippen molar-refractivity contribution in [3.63, 3.8) is 0 Å². The Morgan fingerprint density at radius 1 is 1.30 bits per heavy atom. The summed E-state index contributed by atoms with van der Waals surface area (Å²) in [5.74, 6) is 0.239. The number of amides is 1. The number of phenols is 1. The zero-order valence-electron chi connectivity index (χ0n) is 10.9. The number of ether oxygens (including phenoxy) is 1. The van der Waals surface area contributed by atoms with Crippen molar-refractivity contribution in [2.24, 2.45) is 0 Å². The van der Waals surface area contributed by atoms with E-state index in [9.17, 15) is 9.90 Å². The van der Waals surface area contributed by atoms with E-state index in [1.54, 1.807) is 30.3 Å². The Labute approximate surface area is 122 Å². The van der Waals surface area contributed by atoms with E-state index in [1.165, 1.54) is 12.1 Å². The molecule has 0 bridgehead atoms. The minimum atomic E-state index is -0.343. The van der Waals surface area contributed by atoms with Crippen LogP contribution in [0.1, 0.15) is 17.3 Å². The molecule has 2 aromatic rings. The molecule has 0 radical (unpaired) electrons. The molecule has 0 fully saturated rings. The van der Waals surface area contributed by atoms with E-state index < -0.39 is 0 Å². The summed E-state index contributed by atoms with van der Waals surface area (Å²) in [5.41, 5.74) is 0.708. The van der Waals surface area contributed by atoms with Gasteiger partial charge in [0.1, 0.15) is 11.5 Å². The second kappa shape index (κ2) is 6.30. The molecule has 0 spiro atoms. The summed E-state index contributed by atoms with van der Waals surface area (Å²) in [4.78, 5) is 12.1. The molecular weight excluding hydrogens is 278 g/mol. The molecule has 2 rings (SSSR count). The number of rotatable bonds is 4. The summed E-state index contributed by atoms with van der Waals surface area (Å²) < 4.78 is 5.34. The van der Waals surface area contributed by atoms with Gasteiger partial charge in [-0.25, -0.2) is 0 Å². The molecule has 4 nitrogen and oxygen atoms in total. The van der Waals surface area contributed by atoms with Gasteiger partial charge in [-0.3, -0.25) is 4.79 Å². The van der Waals surface area contributed by atoms with Gasteiger partial charge in [0.2, 0.25) is 0 Å². The maximum atomic E-state index is 12.1. The van der Waals surface area contributed by atoms with Gasteiger partial charge in [-0.2, -0.15) is 0 Å². The van der Waals surface area contributed by atoms with Crippen LogP contribution in [0.2, 0.25) is 5.02 Å². The summed E-state index contributed by atoms with van der Waals surface area (Å²) in [6, 6.07) is 11.3. The van der Waals surface area contributed by atoms with Crippen molar-refractivity contribution < 1.29 is 14.6 Å². The first-order valence-electron chi connectivity index (χ1n) is 6.13. The predicted molar refractivity (Wildman–Crippen MR) is 78.7 cm³/mol. The van der Waals surface area contributed by atoms with E-state index in [0.29, 0.717) is 22.9 Å². The molecule has 0 aliphatic heterocycles. The highest BCUT2D eigenvalue weighted by Gasteiger charge is 2.10. The molecule has 0 heterocycles. The van der Waals surface area contributed by atoms with Crippen LogP contribution in [0.4, 0.5) is 5.69 Å². The van der Waals surface area contributed by atoms with Crippen LogP contribution in [0.3, 0.4) is 0 Å². The standard InChI is InChI=1S/C15H14ClNO3/c1-2-20-12-5-3-4-10(8-12)15(19)17-13-9-11(16)6-7-14(13)18/h3-9,18H,2H2,1H3,(H,17,19). The number of carbonyl (C=O) groups is 1. The van der Waals surface area contributed by atoms with Crippen LogP contribution in [0.15, 0.2) is 42.5 Å². The van der Waals surface area contributed by atoms with Crippen LogP contribution in [0.5, 0.6) is 11.5 Å². The lowest BCUT2D eigenvalue weighted by molar-refractivity contribution is 0.102. The van der Waals surface area contributed by atoms with E-state index >= 15 is 0 Å². The maximum Gasteiger partial charge on any atom is 0.255 e. The first-order chi connectivity index (χ1) is 9.60. The lowest BCUT2D eigenvalue weighted by Crippen LogP contribution is -2.12. The van der Waals surface area contributed by atoms with Crippen LogP contribution in [-0.4, -0.2) is 17.6 Å². The first kappa shape index (κ1) is 14.2. The molecule has 0 aliphatic rings. The molecule has 104 valence electrons. The molecule has 5 heteroatoms. The molecule has 0 saturated carbocycles.